The zero-order chi connectivity index (χ0) is 15.2. The predicted molar refractivity (Wildman–Crippen MR) is 84.6 cm³/mol. The van der Waals surface area contributed by atoms with E-state index in [1.807, 2.05) is 11.8 Å². The smallest absolute Gasteiger partial charge is 0.315 e. The van der Waals surface area contributed by atoms with E-state index in [1.54, 1.807) is 0 Å². The summed E-state index contributed by atoms with van der Waals surface area (Å²) in [6.45, 7) is 0. The van der Waals surface area contributed by atoms with Crippen LogP contribution in [0.4, 0.5) is 4.79 Å². The summed E-state index contributed by atoms with van der Waals surface area (Å²) >= 11 is 1.83. The molecule has 0 heterocycles. The zero-order valence-corrected chi connectivity index (χ0v) is 13.5. The third-order valence-electron chi connectivity index (χ3n) is 4.68. The van der Waals surface area contributed by atoms with Crippen molar-refractivity contribution in [2.75, 3.05) is 6.26 Å². The largest absolute Gasteiger partial charge is 0.481 e. The lowest BCUT2D eigenvalue weighted by molar-refractivity contribution is -0.143. The average Bonchev–Trinajstić information content (AvgIpc) is 2.48. The molecule has 0 aromatic rings. The SMILES string of the molecule is CSC1CCCCC1NC(=O)NC1CCCC(C(=O)O)C1. The van der Waals surface area contributed by atoms with Crippen molar-refractivity contribution in [3.63, 3.8) is 0 Å². The molecule has 4 atom stereocenters. The Labute approximate surface area is 130 Å². The third kappa shape index (κ3) is 4.80. The van der Waals surface area contributed by atoms with Gasteiger partial charge in [-0.2, -0.15) is 11.8 Å². The maximum atomic E-state index is 12.1. The molecule has 0 bridgehead atoms. The lowest BCUT2D eigenvalue weighted by atomic mass is 9.86. The van der Waals surface area contributed by atoms with Crippen molar-refractivity contribution >= 4 is 23.8 Å². The van der Waals surface area contributed by atoms with Gasteiger partial charge in [-0.1, -0.05) is 19.3 Å². The van der Waals surface area contributed by atoms with Crippen molar-refractivity contribution < 1.29 is 14.7 Å². The Morgan fingerprint density at radius 1 is 1.05 bits per heavy atom. The molecule has 2 fully saturated rings. The number of thioether (sulfide) groups is 1. The van der Waals surface area contributed by atoms with E-state index in [0.717, 1.165) is 32.1 Å². The number of carboxylic acids is 1. The number of carbonyl (C=O) groups is 2. The van der Waals surface area contributed by atoms with Crippen LogP contribution in [0.15, 0.2) is 0 Å². The van der Waals surface area contributed by atoms with Gasteiger partial charge in [0.05, 0.1) is 5.92 Å². The molecule has 2 aliphatic rings. The van der Waals surface area contributed by atoms with Gasteiger partial charge >= 0.3 is 12.0 Å². The summed E-state index contributed by atoms with van der Waals surface area (Å²) in [7, 11) is 0. The molecule has 6 heteroatoms. The first-order valence-corrected chi connectivity index (χ1v) is 9.21. The first-order valence-electron chi connectivity index (χ1n) is 7.92. The van der Waals surface area contributed by atoms with E-state index < -0.39 is 5.97 Å². The molecular weight excluding hydrogens is 288 g/mol. The quantitative estimate of drug-likeness (QED) is 0.745. The molecule has 2 aliphatic carbocycles. The molecule has 21 heavy (non-hydrogen) atoms. The number of amides is 2. The molecule has 3 N–H and O–H groups in total. The van der Waals surface area contributed by atoms with Gasteiger partial charge in [-0.3, -0.25) is 4.79 Å². The molecule has 0 aromatic carbocycles. The van der Waals surface area contributed by atoms with Crippen molar-refractivity contribution in [3.05, 3.63) is 0 Å². The van der Waals surface area contributed by atoms with E-state index in [9.17, 15) is 9.59 Å². The molecule has 5 nitrogen and oxygen atoms in total. The fraction of sp³-hybridized carbons (Fsp3) is 0.867. The van der Waals surface area contributed by atoms with Crippen LogP contribution in [0.5, 0.6) is 0 Å². The Bertz CT molecular complexity index is 378. The molecule has 2 saturated carbocycles. The van der Waals surface area contributed by atoms with Crippen molar-refractivity contribution in [2.24, 2.45) is 5.92 Å². The van der Waals surface area contributed by atoms with Crippen LogP contribution in [0, 0.1) is 5.92 Å². The minimum absolute atomic E-state index is 0.00355. The highest BCUT2D eigenvalue weighted by Crippen LogP contribution is 2.27. The highest BCUT2D eigenvalue weighted by Gasteiger charge is 2.29. The van der Waals surface area contributed by atoms with Crippen LogP contribution in [0.25, 0.3) is 0 Å². The van der Waals surface area contributed by atoms with Crippen molar-refractivity contribution in [1.82, 2.24) is 10.6 Å². The molecule has 0 spiro atoms. The van der Waals surface area contributed by atoms with E-state index in [4.69, 9.17) is 5.11 Å². The molecule has 2 amide bonds. The van der Waals surface area contributed by atoms with E-state index in [0.29, 0.717) is 11.7 Å². The van der Waals surface area contributed by atoms with Gasteiger partial charge in [0, 0.05) is 17.3 Å². The first kappa shape index (κ1) is 16.5. The summed E-state index contributed by atoms with van der Waals surface area (Å²) in [6.07, 6.45) is 9.76. The van der Waals surface area contributed by atoms with Crippen molar-refractivity contribution in [1.29, 1.82) is 0 Å². The number of hydrogen-bond acceptors (Lipinski definition) is 3. The second-order valence-electron chi connectivity index (χ2n) is 6.18. The van der Waals surface area contributed by atoms with Gasteiger partial charge in [0.15, 0.2) is 0 Å². The molecule has 0 aliphatic heterocycles. The summed E-state index contributed by atoms with van der Waals surface area (Å²) in [6, 6.07) is 0.112. The number of carboxylic acid groups (broad SMARTS) is 1. The van der Waals surface area contributed by atoms with Gasteiger partial charge in [0.1, 0.15) is 0 Å². The Morgan fingerprint density at radius 3 is 2.52 bits per heavy atom. The number of nitrogens with one attached hydrogen (secondary N) is 2. The van der Waals surface area contributed by atoms with Crippen molar-refractivity contribution in [2.45, 2.75) is 68.7 Å². The first-order chi connectivity index (χ1) is 10.1. The standard InChI is InChI=1S/C15H26N2O3S/c1-21-13-8-3-2-7-12(13)17-15(20)16-11-6-4-5-10(9-11)14(18)19/h10-13H,2-9H2,1H3,(H,18,19)(H2,16,17,20). The fourth-order valence-electron chi connectivity index (χ4n) is 3.48. The lowest BCUT2D eigenvalue weighted by Crippen LogP contribution is -2.51. The number of carbonyl (C=O) groups excluding carboxylic acids is 1. The molecule has 120 valence electrons. The minimum atomic E-state index is -0.739. The van der Waals surface area contributed by atoms with Gasteiger partial charge in [0.25, 0.3) is 0 Å². The van der Waals surface area contributed by atoms with Crippen LogP contribution < -0.4 is 10.6 Å². The van der Waals surface area contributed by atoms with Gasteiger partial charge in [-0.05, 0) is 38.4 Å². The molecular formula is C15H26N2O3S. The second kappa shape index (κ2) is 7.92. The maximum Gasteiger partial charge on any atom is 0.315 e. The van der Waals surface area contributed by atoms with Gasteiger partial charge in [-0.15, -0.1) is 0 Å². The van der Waals surface area contributed by atoms with Crippen LogP contribution in [0.1, 0.15) is 51.4 Å². The van der Waals surface area contributed by atoms with Crippen LogP contribution in [0.2, 0.25) is 0 Å². The summed E-state index contributed by atoms with van der Waals surface area (Å²) in [5.74, 6) is -1.05. The number of aliphatic carboxylic acids is 1. The van der Waals surface area contributed by atoms with Gasteiger partial charge in [-0.25, -0.2) is 4.79 Å². The molecule has 4 unspecified atom stereocenters. The summed E-state index contributed by atoms with van der Waals surface area (Å²) in [5.41, 5.74) is 0. The van der Waals surface area contributed by atoms with Gasteiger partial charge < -0.3 is 15.7 Å². The van der Waals surface area contributed by atoms with E-state index in [2.05, 4.69) is 16.9 Å². The second-order valence-corrected chi connectivity index (χ2v) is 7.26. The molecule has 0 aromatic heterocycles. The summed E-state index contributed by atoms with van der Waals surface area (Å²) < 4.78 is 0. The van der Waals surface area contributed by atoms with E-state index >= 15 is 0 Å². The number of rotatable bonds is 4. The zero-order valence-electron chi connectivity index (χ0n) is 12.6. The van der Waals surface area contributed by atoms with Crippen LogP contribution in [0.3, 0.4) is 0 Å². The van der Waals surface area contributed by atoms with Gasteiger partial charge in [0.2, 0.25) is 0 Å². The van der Waals surface area contributed by atoms with E-state index in [-0.39, 0.29) is 24.0 Å². The van der Waals surface area contributed by atoms with Crippen LogP contribution >= 0.6 is 11.8 Å². The molecule has 0 saturated heterocycles. The Balaban J connectivity index is 1.79. The minimum Gasteiger partial charge on any atom is -0.481 e. The normalized spacial score (nSPS) is 33.2. The maximum absolute atomic E-state index is 12.1. The third-order valence-corrected chi connectivity index (χ3v) is 5.85. The Hall–Kier alpha value is -0.910. The molecule has 0 radical (unpaired) electrons. The Kier molecular flexibility index (Phi) is 6.21. The van der Waals surface area contributed by atoms with Crippen LogP contribution in [-0.2, 0) is 4.79 Å². The summed E-state index contributed by atoms with van der Waals surface area (Å²) in [4.78, 5) is 23.2. The Morgan fingerprint density at radius 2 is 1.81 bits per heavy atom. The lowest BCUT2D eigenvalue weighted by Gasteiger charge is -2.32. The van der Waals surface area contributed by atoms with Crippen LogP contribution in [-0.4, -0.2) is 40.7 Å². The van der Waals surface area contributed by atoms with E-state index in [1.165, 1.54) is 12.8 Å². The summed E-state index contributed by atoms with van der Waals surface area (Å²) in [5, 5.41) is 15.7. The monoisotopic (exact) mass is 314 g/mol. The molecule has 2 rings (SSSR count). The fourth-order valence-corrected chi connectivity index (χ4v) is 4.42. The average molecular weight is 314 g/mol. The van der Waals surface area contributed by atoms with Crippen molar-refractivity contribution in [3.8, 4) is 0 Å². The number of urea groups is 1. The predicted octanol–water partition coefficient (Wildman–Crippen LogP) is 2.60. The topological polar surface area (TPSA) is 78.4 Å². The number of hydrogen-bond donors (Lipinski definition) is 3. The highest BCUT2D eigenvalue weighted by molar-refractivity contribution is 7.99. The highest BCUT2D eigenvalue weighted by atomic mass is 32.2.